The lowest BCUT2D eigenvalue weighted by Gasteiger charge is -2.20. The third kappa shape index (κ3) is 5.31. The molecule has 0 bridgehead atoms. The fourth-order valence-electron chi connectivity index (χ4n) is 3.25. The zero-order valence-corrected chi connectivity index (χ0v) is 16.7. The number of anilines is 1. The number of amides is 3. The summed E-state index contributed by atoms with van der Waals surface area (Å²) in [7, 11) is 3.51. The van der Waals surface area contributed by atoms with Crippen LogP contribution in [-0.4, -0.2) is 35.9 Å². The van der Waals surface area contributed by atoms with E-state index in [-0.39, 0.29) is 18.0 Å². The van der Waals surface area contributed by atoms with Crippen molar-refractivity contribution in [3.05, 3.63) is 59.4 Å². The lowest BCUT2D eigenvalue weighted by atomic mass is 10.0. The minimum absolute atomic E-state index is 0.0675. The van der Waals surface area contributed by atoms with Gasteiger partial charge in [-0.05, 0) is 61.4 Å². The number of aromatic nitrogens is 1. The molecule has 0 aliphatic heterocycles. The summed E-state index contributed by atoms with van der Waals surface area (Å²) in [4.78, 5) is 30.4. The van der Waals surface area contributed by atoms with E-state index in [4.69, 9.17) is 0 Å². The molecule has 2 N–H and O–H groups in total. The van der Waals surface area contributed by atoms with Gasteiger partial charge in [0.1, 0.15) is 0 Å². The third-order valence-corrected chi connectivity index (χ3v) is 5.04. The first kappa shape index (κ1) is 19.9. The number of rotatable bonds is 7. The summed E-state index contributed by atoms with van der Waals surface area (Å²) < 4.78 is 0. The van der Waals surface area contributed by atoms with E-state index in [1.54, 1.807) is 25.2 Å². The molecule has 1 saturated carbocycles. The molecular formula is C22H28N4O2. The molecule has 28 heavy (non-hydrogen) atoms. The highest BCUT2D eigenvalue weighted by atomic mass is 16.2. The predicted molar refractivity (Wildman–Crippen MR) is 110 cm³/mol. The number of hydrogen-bond acceptors (Lipinski definition) is 3. The van der Waals surface area contributed by atoms with E-state index in [0.717, 1.165) is 35.3 Å². The average molecular weight is 380 g/mol. The molecule has 2 aromatic rings. The van der Waals surface area contributed by atoms with E-state index in [1.807, 2.05) is 43.3 Å². The van der Waals surface area contributed by atoms with Gasteiger partial charge in [0.05, 0.1) is 11.7 Å². The van der Waals surface area contributed by atoms with Crippen LogP contribution in [0.2, 0.25) is 0 Å². The largest absolute Gasteiger partial charge is 0.349 e. The van der Waals surface area contributed by atoms with Crippen molar-refractivity contribution in [2.75, 3.05) is 19.4 Å². The summed E-state index contributed by atoms with van der Waals surface area (Å²) in [5.41, 5.74) is 3.77. The first-order valence-corrected chi connectivity index (χ1v) is 9.72. The Morgan fingerprint density at radius 1 is 1.21 bits per heavy atom. The second kappa shape index (κ2) is 8.87. The van der Waals surface area contributed by atoms with Crippen LogP contribution in [0.4, 0.5) is 10.5 Å². The number of aryl methyl sites for hydroxylation is 2. The number of carbonyl (C=O) groups is 2. The summed E-state index contributed by atoms with van der Waals surface area (Å²) in [5, 5.41) is 6.02. The first-order valence-electron chi connectivity index (χ1n) is 9.72. The van der Waals surface area contributed by atoms with Gasteiger partial charge in [-0.1, -0.05) is 18.2 Å². The topological polar surface area (TPSA) is 74.3 Å². The highest BCUT2D eigenvalue weighted by molar-refractivity contribution is 5.89. The maximum atomic E-state index is 12.6. The minimum Gasteiger partial charge on any atom is -0.349 e. The van der Waals surface area contributed by atoms with Crippen LogP contribution in [0.15, 0.2) is 42.6 Å². The second-order valence-corrected chi connectivity index (χ2v) is 7.61. The highest BCUT2D eigenvalue weighted by Gasteiger charge is 2.35. The Kier molecular flexibility index (Phi) is 6.29. The van der Waals surface area contributed by atoms with E-state index in [1.165, 1.54) is 0 Å². The molecule has 0 spiro atoms. The highest BCUT2D eigenvalue weighted by Crippen LogP contribution is 2.41. The molecule has 0 unspecified atom stereocenters. The van der Waals surface area contributed by atoms with E-state index in [9.17, 15) is 9.59 Å². The molecule has 1 aliphatic rings. The molecule has 3 rings (SSSR count). The first-order chi connectivity index (χ1) is 13.4. The molecule has 6 heteroatoms. The van der Waals surface area contributed by atoms with Crippen LogP contribution < -0.4 is 10.6 Å². The lowest BCUT2D eigenvalue weighted by Crippen LogP contribution is -2.34. The van der Waals surface area contributed by atoms with Crippen molar-refractivity contribution in [3.8, 4) is 0 Å². The SMILES string of the molecule is Cc1cccnc1[C@H](NC(=O)Nc1cccc(CCC(=O)N(C)C)c1)C1CC1. The molecule has 1 heterocycles. The van der Waals surface area contributed by atoms with Crippen LogP contribution in [0.1, 0.15) is 42.1 Å². The second-order valence-electron chi connectivity index (χ2n) is 7.61. The molecule has 148 valence electrons. The number of nitrogens with zero attached hydrogens (tertiary/aromatic N) is 2. The molecule has 0 saturated heterocycles. The number of nitrogens with one attached hydrogen (secondary N) is 2. The van der Waals surface area contributed by atoms with Gasteiger partial charge in [0.25, 0.3) is 0 Å². The quantitative estimate of drug-likeness (QED) is 0.769. The van der Waals surface area contributed by atoms with Crippen molar-refractivity contribution in [1.82, 2.24) is 15.2 Å². The Hall–Kier alpha value is -2.89. The number of pyridine rings is 1. The Balaban J connectivity index is 1.62. The third-order valence-electron chi connectivity index (χ3n) is 5.04. The minimum atomic E-state index is -0.233. The van der Waals surface area contributed by atoms with Crippen LogP contribution in [0.5, 0.6) is 0 Å². The van der Waals surface area contributed by atoms with Gasteiger partial charge in [-0.25, -0.2) is 4.79 Å². The number of urea groups is 1. The van der Waals surface area contributed by atoms with Gasteiger partial charge >= 0.3 is 6.03 Å². The Morgan fingerprint density at radius 3 is 2.68 bits per heavy atom. The average Bonchev–Trinajstić information content (AvgIpc) is 3.50. The lowest BCUT2D eigenvalue weighted by molar-refractivity contribution is -0.128. The number of carbonyl (C=O) groups excluding carboxylic acids is 2. The van der Waals surface area contributed by atoms with E-state index in [2.05, 4.69) is 15.6 Å². The molecule has 1 aromatic carbocycles. The molecule has 1 aromatic heterocycles. The monoisotopic (exact) mass is 380 g/mol. The summed E-state index contributed by atoms with van der Waals surface area (Å²) in [6.45, 7) is 2.02. The summed E-state index contributed by atoms with van der Waals surface area (Å²) in [6.07, 6.45) is 5.08. The van der Waals surface area contributed by atoms with Crippen molar-refractivity contribution in [2.45, 2.75) is 38.6 Å². The molecular weight excluding hydrogens is 352 g/mol. The Labute approximate surface area is 166 Å². The van der Waals surface area contributed by atoms with Gasteiger partial charge in [0, 0.05) is 32.4 Å². The molecule has 0 radical (unpaired) electrons. The Morgan fingerprint density at radius 2 is 2.00 bits per heavy atom. The summed E-state index contributed by atoms with van der Waals surface area (Å²) >= 11 is 0. The van der Waals surface area contributed by atoms with Crippen molar-refractivity contribution >= 4 is 17.6 Å². The normalized spacial score (nSPS) is 14.2. The fraction of sp³-hybridized carbons (Fsp3) is 0.409. The summed E-state index contributed by atoms with van der Waals surface area (Å²) in [6, 6.07) is 11.3. The Bertz CT molecular complexity index is 846. The van der Waals surface area contributed by atoms with Crippen LogP contribution in [0, 0.1) is 12.8 Å². The molecule has 3 amide bonds. The van der Waals surface area contributed by atoms with Gasteiger partial charge in [-0.3, -0.25) is 9.78 Å². The van der Waals surface area contributed by atoms with Gasteiger partial charge in [-0.2, -0.15) is 0 Å². The fourth-order valence-corrected chi connectivity index (χ4v) is 3.25. The van der Waals surface area contributed by atoms with Crippen LogP contribution in [0.25, 0.3) is 0 Å². The molecule has 1 fully saturated rings. The van der Waals surface area contributed by atoms with Gasteiger partial charge in [-0.15, -0.1) is 0 Å². The zero-order chi connectivity index (χ0) is 20.1. The van der Waals surface area contributed by atoms with Crippen molar-refractivity contribution in [2.24, 2.45) is 5.92 Å². The molecule has 1 atom stereocenters. The van der Waals surface area contributed by atoms with Gasteiger partial charge < -0.3 is 15.5 Å². The van der Waals surface area contributed by atoms with Crippen molar-refractivity contribution in [1.29, 1.82) is 0 Å². The van der Waals surface area contributed by atoms with Gasteiger partial charge in [0.2, 0.25) is 5.91 Å². The smallest absolute Gasteiger partial charge is 0.319 e. The number of hydrogen-bond donors (Lipinski definition) is 2. The standard InChI is InChI=1S/C22H28N4O2/c1-15-6-5-13-23-20(15)21(17-10-11-17)25-22(28)24-18-8-4-7-16(14-18)9-12-19(27)26(2)3/h4-8,13-14,17,21H,9-12H2,1-3H3,(H2,24,25,28)/t21-/m1/s1. The zero-order valence-electron chi connectivity index (χ0n) is 16.7. The maximum absolute atomic E-state index is 12.6. The maximum Gasteiger partial charge on any atom is 0.319 e. The van der Waals surface area contributed by atoms with E-state index >= 15 is 0 Å². The van der Waals surface area contributed by atoms with Crippen LogP contribution in [0.3, 0.4) is 0 Å². The predicted octanol–water partition coefficient (Wildman–Crippen LogP) is 3.68. The van der Waals surface area contributed by atoms with E-state index in [0.29, 0.717) is 18.8 Å². The molecule has 6 nitrogen and oxygen atoms in total. The van der Waals surface area contributed by atoms with E-state index < -0.39 is 0 Å². The van der Waals surface area contributed by atoms with Crippen molar-refractivity contribution < 1.29 is 9.59 Å². The van der Waals surface area contributed by atoms with Crippen LogP contribution in [-0.2, 0) is 11.2 Å². The van der Waals surface area contributed by atoms with Crippen molar-refractivity contribution in [3.63, 3.8) is 0 Å². The van der Waals surface area contributed by atoms with Gasteiger partial charge in [0.15, 0.2) is 0 Å². The van der Waals surface area contributed by atoms with Crippen LogP contribution >= 0.6 is 0 Å². The summed E-state index contributed by atoms with van der Waals surface area (Å²) in [5.74, 6) is 0.539. The molecule has 1 aliphatic carbocycles. The number of benzene rings is 1.